The van der Waals surface area contributed by atoms with Crippen molar-refractivity contribution >= 4 is 17.3 Å². The maximum Gasteiger partial charge on any atom is 0.416 e. The predicted octanol–water partition coefficient (Wildman–Crippen LogP) is 4.86. The number of anilines is 2. The summed E-state index contributed by atoms with van der Waals surface area (Å²) >= 11 is 0. The molecule has 6 nitrogen and oxygen atoms in total. The highest BCUT2D eigenvalue weighted by Gasteiger charge is 2.31. The van der Waals surface area contributed by atoms with Gasteiger partial charge in [0.2, 0.25) is 5.95 Å². The Hall–Kier alpha value is -3.59. The van der Waals surface area contributed by atoms with Crippen molar-refractivity contribution in [3.8, 4) is 16.9 Å². The molecule has 5 rings (SSSR count). The third-order valence-corrected chi connectivity index (χ3v) is 5.78. The fourth-order valence-corrected chi connectivity index (χ4v) is 4.14. The molecule has 0 unspecified atom stereocenters. The van der Waals surface area contributed by atoms with E-state index in [1.54, 1.807) is 22.8 Å². The molecular formula is C24H22F3N5O. The zero-order valence-corrected chi connectivity index (χ0v) is 17.9. The molecule has 0 bridgehead atoms. The van der Waals surface area contributed by atoms with Gasteiger partial charge in [0.25, 0.3) is 0 Å². The van der Waals surface area contributed by atoms with Gasteiger partial charge in [-0.2, -0.15) is 18.2 Å². The maximum atomic E-state index is 13.3. The summed E-state index contributed by atoms with van der Waals surface area (Å²) in [4.78, 5) is 4.57. The van der Waals surface area contributed by atoms with Crippen LogP contribution in [0.3, 0.4) is 0 Å². The van der Waals surface area contributed by atoms with Crippen molar-refractivity contribution in [3.63, 3.8) is 0 Å². The molecule has 0 radical (unpaired) electrons. The molecular weight excluding hydrogens is 431 g/mol. The number of rotatable bonds is 4. The molecule has 0 saturated heterocycles. The van der Waals surface area contributed by atoms with E-state index < -0.39 is 11.7 Å². The number of hydrogen-bond donors (Lipinski definition) is 2. The summed E-state index contributed by atoms with van der Waals surface area (Å²) < 4.78 is 46.9. The number of benzene rings is 2. The number of alkyl halides is 3. The molecule has 33 heavy (non-hydrogen) atoms. The van der Waals surface area contributed by atoms with E-state index in [1.807, 2.05) is 6.07 Å². The molecule has 2 N–H and O–H groups in total. The molecule has 1 aliphatic rings. The largest absolute Gasteiger partial charge is 0.496 e. The molecule has 4 aromatic rings. The Morgan fingerprint density at radius 3 is 2.61 bits per heavy atom. The van der Waals surface area contributed by atoms with E-state index in [4.69, 9.17) is 4.74 Å². The van der Waals surface area contributed by atoms with Crippen molar-refractivity contribution in [2.45, 2.75) is 19.0 Å². The summed E-state index contributed by atoms with van der Waals surface area (Å²) in [6.07, 6.45) is -0.819. The fourth-order valence-electron chi connectivity index (χ4n) is 4.14. The fraction of sp³-hybridized carbons (Fsp3) is 0.250. The molecule has 2 aromatic carbocycles. The minimum absolute atomic E-state index is 0.300. The van der Waals surface area contributed by atoms with Gasteiger partial charge in [0, 0.05) is 23.0 Å². The van der Waals surface area contributed by atoms with E-state index in [-0.39, 0.29) is 0 Å². The van der Waals surface area contributed by atoms with Gasteiger partial charge in [0.1, 0.15) is 5.75 Å². The third kappa shape index (κ3) is 4.23. The molecule has 0 spiro atoms. The number of halogens is 3. The van der Waals surface area contributed by atoms with E-state index in [9.17, 15) is 13.2 Å². The molecule has 0 atom stereocenters. The summed E-state index contributed by atoms with van der Waals surface area (Å²) in [5, 5.41) is 11.1. The van der Waals surface area contributed by atoms with Crippen LogP contribution in [0.1, 0.15) is 16.7 Å². The normalized spacial score (nSPS) is 14.1. The van der Waals surface area contributed by atoms with Gasteiger partial charge in [-0.05, 0) is 79.5 Å². The van der Waals surface area contributed by atoms with Crippen LogP contribution >= 0.6 is 0 Å². The highest BCUT2D eigenvalue weighted by Crippen LogP contribution is 2.38. The Bertz CT molecular complexity index is 1320. The third-order valence-electron chi connectivity index (χ3n) is 5.78. The maximum absolute atomic E-state index is 13.3. The highest BCUT2D eigenvalue weighted by molar-refractivity contribution is 5.82. The number of nitrogens with one attached hydrogen (secondary N) is 2. The van der Waals surface area contributed by atoms with Gasteiger partial charge >= 0.3 is 6.18 Å². The lowest BCUT2D eigenvalue weighted by atomic mass is 10.0. The summed E-state index contributed by atoms with van der Waals surface area (Å²) in [5.74, 6) is 0.688. The number of methoxy groups -OCH3 is 1. The summed E-state index contributed by atoms with van der Waals surface area (Å²) in [6.45, 7) is 1.90. The Kier molecular flexibility index (Phi) is 5.41. The lowest BCUT2D eigenvalue weighted by Crippen LogP contribution is -2.16. The van der Waals surface area contributed by atoms with Crippen LogP contribution in [0.4, 0.5) is 24.8 Å². The lowest BCUT2D eigenvalue weighted by molar-refractivity contribution is -0.137. The van der Waals surface area contributed by atoms with Gasteiger partial charge in [0.05, 0.1) is 12.7 Å². The average Bonchev–Trinajstić information content (AvgIpc) is 3.06. The van der Waals surface area contributed by atoms with Gasteiger partial charge in [-0.25, -0.2) is 4.52 Å². The quantitative estimate of drug-likeness (QED) is 0.462. The van der Waals surface area contributed by atoms with Crippen LogP contribution < -0.4 is 15.4 Å². The second-order valence-corrected chi connectivity index (χ2v) is 7.90. The van der Waals surface area contributed by atoms with Gasteiger partial charge < -0.3 is 15.4 Å². The monoisotopic (exact) mass is 453 g/mol. The first kappa shape index (κ1) is 21.3. The van der Waals surface area contributed by atoms with Crippen LogP contribution in [0.5, 0.6) is 5.75 Å². The van der Waals surface area contributed by atoms with E-state index in [1.165, 1.54) is 24.3 Å². The van der Waals surface area contributed by atoms with Gasteiger partial charge in [-0.15, -0.1) is 5.10 Å². The SMILES string of the molecule is COc1ccc(C(F)(F)F)cc1-c1cccn2nc(Nc3ccc4c(c3)CCNCC4)nc12. The van der Waals surface area contributed by atoms with E-state index in [0.29, 0.717) is 28.5 Å². The second kappa shape index (κ2) is 8.40. The second-order valence-electron chi connectivity index (χ2n) is 7.90. The molecule has 170 valence electrons. The lowest BCUT2D eigenvalue weighted by Gasteiger charge is -2.13. The van der Waals surface area contributed by atoms with Crippen LogP contribution in [0.25, 0.3) is 16.8 Å². The standard InChI is InChI=1S/C24H22F3N5O/c1-33-21-7-5-17(24(25,26)27)14-20(21)19-3-2-12-32-22(19)30-23(31-32)29-18-6-4-15-8-10-28-11-9-16(15)13-18/h2-7,12-14,28H,8-11H2,1H3,(H,29,31). The smallest absolute Gasteiger partial charge is 0.416 e. The molecule has 9 heteroatoms. The summed E-state index contributed by atoms with van der Waals surface area (Å²) in [6, 6.07) is 13.0. The Morgan fingerprint density at radius 2 is 1.82 bits per heavy atom. The molecule has 1 aliphatic heterocycles. The topological polar surface area (TPSA) is 63.5 Å². The number of pyridine rings is 1. The number of aromatic nitrogens is 3. The molecule has 2 aromatic heterocycles. The first-order valence-electron chi connectivity index (χ1n) is 10.6. The van der Waals surface area contributed by atoms with E-state index >= 15 is 0 Å². The minimum Gasteiger partial charge on any atom is -0.496 e. The van der Waals surface area contributed by atoms with Crippen LogP contribution in [0, 0.1) is 0 Å². The van der Waals surface area contributed by atoms with Crippen LogP contribution in [-0.2, 0) is 19.0 Å². The Morgan fingerprint density at radius 1 is 1.00 bits per heavy atom. The van der Waals surface area contributed by atoms with Crippen LogP contribution in [0.2, 0.25) is 0 Å². The summed E-state index contributed by atoms with van der Waals surface area (Å²) in [5.41, 5.74) is 3.94. The number of nitrogens with zero attached hydrogens (tertiary/aromatic N) is 3. The number of fused-ring (bicyclic) bond motifs is 2. The average molecular weight is 453 g/mol. The zero-order chi connectivity index (χ0) is 23.0. The Labute approximate surface area is 188 Å². The van der Waals surface area contributed by atoms with Crippen molar-refractivity contribution in [3.05, 3.63) is 71.4 Å². The molecule has 3 heterocycles. The highest BCUT2D eigenvalue weighted by atomic mass is 19.4. The van der Waals surface area contributed by atoms with E-state index in [2.05, 4.69) is 32.8 Å². The van der Waals surface area contributed by atoms with Gasteiger partial charge in [-0.3, -0.25) is 0 Å². The van der Waals surface area contributed by atoms with Crippen LogP contribution in [0.15, 0.2) is 54.7 Å². The first-order valence-corrected chi connectivity index (χ1v) is 10.6. The minimum atomic E-state index is -4.46. The molecule has 0 amide bonds. The van der Waals surface area contributed by atoms with Gasteiger partial charge in [0.15, 0.2) is 5.65 Å². The number of ether oxygens (including phenoxy) is 1. The van der Waals surface area contributed by atoms with E-state index in [0.717, 1.165) is 43.8 Å². The van der Waals surface area contributed by atoms with Crippen molar-refractivity contribution < 1.29 is 17.9 Å². The van der Waals surface area contributed by atoms with Crippen molar-refractivity contribution in [1.29, 1.82) is 0 Å². The molecule has 0 aliphatic carbocycles. The van der Waals surface area contributed by atoms with Gasteiger partial charge in [-0.1, -0.05) is 6.07 Å². The molecule has 0 saturated carbocycles. The first-order chi connectivity index (χ1) is 15.9. The number of hydrogen-bond acceptors (Lipinski definition) is 5. The predicted molar refractivity (Wildman–Crippen MR) is 120 cm³/mol. The Balaban J connectivity index is 1.53. The van der Waals surface area contributed by atoms with Crippen molar-refractivity contribution in [2.24, 2.45) is 0 Å². The molecule has 0 fully saturated rings. The van der Waals surface area contributed by atoms with Crippen molar-refractivity contribution in [2.75, 3.05) is 25.5 Å². The summed E-state index contributed by atoms with van der Waals surface area (Å²) in [7, 11) is 1.43. The van der Waals surface area contributed by atoms with Crippen LogP contribution in [-0.4, -0.2) is 34.8 Å². The van der Waals surface area contributed by atoms with Crippen molar-refractivity contribution in [1.82, 2.24) is 19.9 Å². The zero-order valence-electron chi connectivity index (χ0n) is 17.9.